The highest BCUT2D eigenvalue weighted by molar-refractivity contribution is 7.78. The summed E-state index contributed by atoms with van der Waals surface area (Å²) in [4.78, 5) is 0. The van der Waals surface area contributed by atoms with Crippen molar-refractivity contribution >= 4 is 41.7 Å². The first kappa shape index (κ1) is 17.8. The van der Waals surface area contributed by atoms with Gasteiger partial charge in [-0.1, -0.05) is 60.7 Å². The predicted octanol–water partition coefficient (Wildman–Crippen LogP) is 2.80. The van der Waals surface area contributed by atoms with Gasteiger partial charge in [-0.3, -0.25) is 0 Å². The Labute approximate surface area is 156 Å². The molecular weight excluding hydrogens is 374 g/mol. The van der Waals surface area contributed by atoms with E-state index in [0.29, 0.717) is 12.8 Å². The van der Waals surface area contributed by atoms with Crippen molar-refractivity contribution in [3.05, 3.63) is 60.7 Å². The van der Waals surface area contributed by atoms with Crippen molar-refractivity contribution in [2.75, 3.05) is 12.8 Å². The van der Waals surface area contributed by atoms with Crippen LogP contribution in [0.1, 0.15) is 6.42 Å². The van der Waals surface area contributed by atoms with E-state index in [1.807, 2.05) is 60.7 Å². The number of hydrogen-bond acceptors (Lipinski definition) is 4. The molecular formula is C18H19AlClO4P. The zero-order valence-electron chi connectivity index (χ0n) is 13.7. The Hall–Kier alpha value is -0.628. The minimum atomic E-state index is -2.85. The molecule has 2 aliphatic heterocycles. The van der Waals surface area contributed by atoms with Crippen LogP contribution < -0.4 is 10.6 Å². The summed E-state index contributed by atoms with van der Waals surface area (Å²) in [5.41, 5.74) is 0. The number of fused-ring (bicyclic) bond motifs is 1. The molecule has 2 aliphatic rings. The minimum absolute atomic E-state index is 0.0343. The van der Waals surface area contributed by atoms with Crippen LogP contribution >= 0.6 is 17.2 Å². The summed E-state index contributed by atoms with van der Waals surface area (Å²) < 4.78 is 31.7. The standard InChI is InChI=1S/C18H19O4P.Al.ClH/c19-16-11-12-22-17(18(16)20)13-23(21,14-7-3-1-4-8-14)15-9-5-2-6-10-15;;/h1-10,16-18H,11-13H2;;1H/q-2;+3;/p-1/t16-,17+,18+;;/m0../s1. The average molecular weight is 393 g/mol. The van der Waals surface area contributed by atoms with E-state index in [0.717, 1.165) is 17.0 Å². The van der Waals surface area contributed by atoms with Crippen LogP contribution in [0.15, 0.2) is 60.7 Å². The summed E-state index contributed by atoms with van der Waals surface area (Å²) >= 11 is -2.11. The summed E-state index contributed by atoms with van der Waals surface area (Å²) in [7, 11) is 3.28. The molecule has 0 aliphatic carbocycles. The first-order valence-corrected chi connectivity index (χ1v) is 13.0. The molecule has 130 valence electrons. The molecule has 0 bridgehead atoms. The molecule has 4 nitrogen and oxygen atoms in total. The molecule has 0 radical (unpaired) electrons. The smallest absolute Gasteiger partial charge is 0.461 e. The zero-order chi connectivity index (χ0) is 17.3. The Balaban J connectivity index is 1.69. The third-order valence-electron chi connectivity index (χ3n) is 4.80. The van der Waals surface area contributed by atoms with Gasteiger partial charge < -0.3 is 16.9 Å². The first-order chi connectivity index (χ1) is 12.2. The van der Waals surface area contributed by atoms with Crippen LogP contribution in [0, 0.1) is 0 Å². The Morgan fingerprint density at radius 1 is 1.00 bits per heavy atom. The lowest BCUT2D eigenvalue weighted by Gasteiger charge is -2.35. The fourth-order valence-electron chi connectivity index (χ4n) is 3.56. The largest absolute Gasteiger partial charge is 0.813 e. The highest BCUT2D eigenvalue weighted by Crippen LogP contribution is 2.46. The van der Waals surface area contributed by atoms with E-state index < -0.39 is 21.0 Å². The van der Waals surface area contributed by atoms with Crippen LogP contribution in [-0.4, -0.2) is 45.0 Å². The maximum absolute atomic E-state index is 14.2. The monoisotopic (exact) mass is 392 g/mol. The average Bonchev–Trinajstić information content (AvgIpc) is 3.04. The third kappa shape index (κ3) is 3.61. The molecule has 25 heavy (non-hydrogen) atoms. The van der Waals surface area contributed by atoms with Crippen molar-refractivity contribution in [3.8, 4) is 0 Å². The van der Waals surface area contributed by atoms with Crippen LogP contribution in [0.5, 0.6) is 0 Å². The molecule has 2 aromatic carbocycles. The Morgan fingerprint density at radius 3 is 2.20 bits per heavy atom. The van der Waals surface area contributed by atoms with Gasteiger partial charge in [-0.15, -0.1) is 0 Å². The van der Waals surface area contributed by atoms with E-state index >= 15 is 0 Å². The van der Waals surface area contributed by atoms with Crippen molar-refractivity contribution < 1.29 is 16.9 Å². The van der Waals surface area contributed by atoms with Gasteiger partial charge >= 0.3 is 13.9 Å². The highest BCUT2D eigenvalue weighted by Gasteiger charge is 2.50. The molecule has 7 heteroatoms. The molecule has 2 saturated heterocycles. The van der Waals surface area contributed by atoms with Gasteiger partial charge in [0, 0.05) is 23.4 Å². The summed E-state index contributed by atoms with van der Waals surface area (Å²) in [5.74, 6) is 0. The SMILES string of the molecule is O=P(C[C@H]1OCC[C@@H]2[O][Al]([Cl])[O][C@H]21)(c1ccccc1)c1ccccc1. The topological polar surface area (TPSA) is 44.8 Å². The second-order valence-electron chi connectivity index (χ2n) is 6.34. The summed E-state index contributed by atoms with van der Waals surface area (Å²) in [6.45, 7) is 0.580. The Morgan fingerprint density at radius 2 is 1.60 bits per heavy atom. The molecule has 0 aromatic heterocycles. The Bertz CT molecular complexity index is 717. The number of benzene rings is 2. The van der Waals surface area contributed by atoms with Gasteiger partial charge in [0.1, 0.15) is 7.14 Å². The molecule has 2 aromatic rings. The van der Waals surface area contributed by atoms with Crippen LogP contribution in [0.25, 0.3) is 0 Å². The van der Waals surface area contributed by atoms with Gasteiger partial charge in [-0.05, 0) is 6.42 Å². The van der Waals surface area contributed by atoms with Gasteiger partial charge in [0.2, 0.25) is 0 Å². The van der Waals surface area contributed by atoms with E-state index in [2.05, 4.69) is 0 Å². The maximum Gasteiger partial charge on any atom is 0.813 e. The molecule has 2 heterocycles. The molecule has 2 fully saturated rings. The van der Waals surface area contributed by atoms with E-state index in [4.69, 9.17) is 22.4 Å². The summed E-state index contributed by atoms with van der Waals surface area (Å²) in [6.07, 6.45) is 0.639. The van der Waals surface area contributed by atoms with Crippen molar-refractivity contribution in [2.24, 2.45) is 0 Å². The van der Waals surface area contributed by atoms with E-state index in [-0.39, 0.29) is 18.3 Å². The second-order valence-corrected chi connectivity index (χ2v) is 11.4. The summed E-state index contributed by atoms with van der Waals surface area (Å²) in [6, 6.07) is 19.3. The zero-order valence-corrected chi connectivity index (χ0v) is 16.5. The van der Waals surface area contributed by atoms with Gasteiger partial charge in [-0.2, -0.15) is 10.0 Å². The van der Waals surface area contributed by atoms with E-state index in [1.54, 1.807) is 0 Å². The second kappa shape index (κ2) is 7.55. The van der Waals surface area contributed by atoms with Crippen LogP contribution in [0.4, 0.5) is 0 Å². The third-order valence-corrected chi connectivity index (χ3v) is 9.64. The van der Waals surface area contributed by atoms with Crippen molar-refractivity contribution in [2.45, 2.75) is 24.7 Å². The molecule has 0 saturated carbocycles. The van der Waals surface area contributed by atoms with E-state index in [9.17, 15) is 4.57 Å². The van der Waals surface area contributed by atoms with Gasteiger partial charge in [-0.25, -0.2) is 0 Å². The van der Waals surface area contributed by atoms with Crippen LogP contribution in [-0.2, 0) is 16.9 Å². The van der Waals surface area contributed by atoms with E-state index in [1.165, 1.54) is 0 Å². The van der Waals surface area contributed by atoms with Gasteiger partial charge in [0.05, 0.1) is 18.3 Å². The number of halogens is 1. The number of ether oxygens (including phenoxy) is 1. The lowest BCUT2D eigenvalue weighted by atomic mass is 10.0. The van der Waals surface area contributed by atoms with Crippen LogP contribution in [0.2, 0.25) is 0 Å². The molecule has 0 N–H and O–H groups in total. The number of rotatable bonds is 4. The molecule has 0 amide bonds. The van der Waals surface area contributed by atoms with Crippen molar-refractivity contribution in [1.82, 2.24) is 0 Å². The molecule has 0 unspecified atom stereocenters. The number of hydrogen-bond donors (Lipinski definition) is 0. The van der Waals surface area contributed by atoms with Crippen molar-refractivity contribution in [3.63, 3.8) is 0 Å². The van der Waals surface area contributed by atoms with Gasteiger partial charge in [0.25, 0.3) is 0 Å². The van der Waals surface area contributed by atoms with Crippen molar-refractivity contribution in [1.29, 1.82) is 0 Å². The molecule has 3 atom stereocenters. The molecule has 0 spiro atoms. The minimum Gasteiger partial charge on any atom is -0.461 e. The fourth-order valence-corrected chi connectivity index (χ4v) is 8.38. The predicted molar refractivity (Wildman–Crippen MR) is 100 cm³/mol. The Kier molecular flexibility index (Phi) is 5.36. The lowest BCUT2D eigenvalue weighted by molar-refractivity contribution is -0.0710. The normalized spacial score (nSPS) is 26.4. The van der Waals surface area contributed by atoms with Crippen LogP contribution in [0.3, 0.4) is 0 Å². The quantitative estimate of drug-likeness (QED) is 0.593. The van der Waals surface area contributed by atoms with Gasteiger partial charge in [0.15, 0.2) is 0 Å². The molecule has 4 rings (SSSR count). The maximum atomic E-state index is 14.2. The lowest BCUT2D eigenvalue weighted by Crippen LogP contribution is -2.45. The fraction of sp³-hybridized carbons (Fsp3) is 0.333. The first-order valence-electron chi connectivity index (χ1n) is 8.44. The highest BCUT2D eigenvalue weighted by atomic mass is 35.6. The summed E-state index contributed by atoms with van der Waals surface area (Å²) in [5, 5.41) is 1.68.